The zero-order valence-corrected chi connectivity index (χ0v) is 21.2. The van der Waals surface area contributed by atoms with Gasteiger partial charge in [0.1, 0.15) is 11.4 Å². The van der Waals surface area contributed by atoms with Crippen LogP contribution in [0.3, 0.4) is 0 Å². The summed E-state index contributed by atoms with van der Waals surface area (Å²) in [6.45, 7) is 8.37. The number of rotatable bonds is 9. The summed E-state index contributed by atoms with van der Waals surface area (Å²) in [5, 5.41) is 18.5. The van der Waals surface area contributed by atoms with Crippen LogP contribution in [0.4, 0.5) is 5.69 Å². The van der Waals surface area contributed by atoms with Crippen molar-refractivity contribution in [1.82, 2.24) is 24.9 Å². The van der Waals surface area contributed by atoms with Crippen LogP contribution in [0.1, 0.15) is 45.3 Å². The molecule has 0 unspecified atom stereocenters. The maximum Gasteiger partial charge on any atom is 0.312 e. The molecule has 9 nitrogen and oxygen atoms in total. The third-order valence-electron chi connectivity index (χ3n) is 6.86. The molecule has 2 heterocycles. The highest BCUT2D eigenvalue weighted by molar-refractivity contribution is 5.94. The molecule has 1 aliphatic rings. The van der Waals surface area contributed by atoms with Gasteiger partial charge >= 0.3 is 5.69 Å². The molecule has 0 saturated carbocycles. The van der Waals surface area contributed by atoms with Crippen molar-refractivity contribution < 1.29 is 9.72 Å². The summed E-state index contributed by atoms with van der Waals surface area (Å²) >= 11 is 0. The summed E-state index contributed by atoms with van der Waals surface area (Å²) in [4.78, 5) is 28.4. The number of nitro groups is 1. The molecular weight excluding hydrogens is 456 g/mol. The Kier molecular flexibility index (Phi) is 8.12. The fourth-order valence-electron chi connectivity index (χ4n) is 4.84. The number of nitrogens with one attached hydrogen (secondary N) is 1. The Morgan fingerprint density at radius 2 is 1.83 bits per heavy atom. The van der Waals surface area contributed by atoms with Crippen LogP contribution >= 0.6 is 0 Å². The van der Waals surface area contributed by atoms with Crippen molar-refractivity contribution in [2.24, 2.45) is 0 Å². The van der Waals surface area contributed by atoms with E-state index in [9.17, 15) is 14.9 Å². The molecule has 1 aliphatic heterocycles. The average Bonchev–Trinajstić information content (AvgIpc) is 3.15. The third kappa shape index (κ3) is 5.98. The number of aromatic nitrogens is 2. The van der Waals surface area contributed by atoms with Gasteiger partial charge < -0.3 is 10.2 Å². The highest BCUT2D eigenvalue weighted by atomic mass is 16.6. The number of benzene rings is 2. The Morgan fingerprint density at radius 1 is 1.11 bits per heavy atom. The summed E-state index contributed by atoms with van der Waals surface area (Å²) in [6, 6.07) is 18.3. The van der Waals surface area contributed by atoms with Gasteiger partial charge in [-0.15, -0.1) is 0 Å². The fourth-order valence-corrected chi connectivity index (χ4v) is 4.84. The number of hydrogen-bond acceptors (Lipinski definition) is 6. The number of amides is 1. The van der Waals surface area contributed by atoms with E-state index < -0.39 is 4.92 Å². The van der Waals surface area contributed by atoms with Gasteiger partial charge in [-0.25, -0.2) is 0 Å². The first-order valence-electron chi connectivity index (χ1n) is 12.4. The van der Waals surface area contributed by atoms with Crippen LogP contribution in [0.5, 0.6) is 0 Å². The van der Waals surface area contributed by atoms with Gasteiger partial charge in [-0.05, 0) is 50.6 Å². The molecule has 4 rings (SSSR count). The van der Waals surface area contributed by atoms with E-state index in [1.165, 1.54) is 5.56 Å². The lowest BCUT2D eigenvalue weighted by atomic mass is 10.0. The van der Waals surface area contributed by atoms with Crippen LogP contribution < -0.4 is 5.32 Å². The SMILES string of the molecule is Cc1nn(Cc2ccc(C(=O)NCCCN3CCN(C)C[C@H]3c3ccccc3)cc2)c(C)c1[N+](=O)[O-]. The number of likely N-dealkylation sites (N-methyl/N-ethyl adjacent to an activating group) is 1. The molecule has 1 N–H and O–H groups in total. The Hall–Kier alpha value is -3.56. The monoisotopic (exact) mass is 490 g/mol. The van der Waals surface area contributed by atoms with Crippen LogP contribution in [0.2, 0.25) is 0 Å². The number of hydrogen-bond donors (Lipinski definition) is 1. The largest absolute Gasteiger partial charge is 0.352 e. The predicted octanol–water partition coefficient (Wildman–Crippen LogP) is 3.57. The minimum Gasteiger partial charge on any atom is -0.352 e. The second-order valence-electron chi connectivity index (χ2n) is 9.47. The van der Waals surface area contributed by atoms with Gasteiger partial charge in [-0.1, -0.05) is 42.5 Å². The summed E-state index contributed by atoms with van der Waals surface area (Å²) in [5.41, 5.74) is 3.84. The molecule has 1 saturated heterocycles. The first-order valence-corrected chi connectivity index (χ1v) is 12.4. The van der Waals surface area contributed by atoms with E-state index in [1.54, 1.807) is 30.7 Å². The van der Waals surface area contributed by atoms with Crippen molar-refractivity contribution >= 4 is 11.6 Å². The molecule has 0 bridgehead atoms. The van der Waals surface area contributed by atoms with E-state index in [-0.39, 0.29) is 11.6 Å². The van der Waals surface area contributed by atoms with E-state index in [2.05, 4.69) is 51.5 Å². The van der Waals surface area contributed by atoms with E-state index in [0.717, 1.165) is 38.2 Å². The number of carbonyl (C=O) groups excluding carboxylic acids is 1. The van der Waals surface area contributed by atoms with Gasteiger partial charge in [0.25, 0.3) is 5.91 Å². The Balaban J connectivity index is 1.27. The van der Waals surface area contributed by atoms with Crippen molar-refractivity contribution in [3.8, 4) is 0 Å². The maximum atomic E-state index is 12.6. The predicted molar refractivity (Wildman–Crippen MR) is 139 cm³/mol. The summed E-state index contributed by atoms with van der Waals surface area (Å²) in [5.74, 6) is -0.0960. The van der Waals surface area contributed by atoms with Crippen LogP contribution in [0.25, 0.3) is 0 Å². The lowest BCUT2D eigenvalue weighted by Gasteiger charge is -2.40. The molecule has 0 radical (unpaired) electrons. The van der Waals surface area contributed by atoms with Crippen LogP contribution in [0, 0.1) is 24.0 Å². The minimum absolute atomic E-state index is 0.0534. The van der Waals surface area contributed by atoms with Crippen molar-refractivity contribution in [2.45, 2.75) is 32.9 Å². The lowest BCUT2D eigenvalue weighted by Crippen LogP contribution is -2.47. The number of nitrogens with zero attached hydrogens (tertiary/aromatic N) is 5. The first kappa shape index (κ1) is 25.5. The zero-order chi connectivity index (χ0) is 25.7. The molecular formula is C27H34N6O3. The topological polar surface area (TPSA) is 96.5 Å². The number of aryl methyl sites for hydroxylation is 1. The molecule has 3 aromatic rings. The standard InChI is InChI=1S/C27H34N6O3/c1-20-26(33(35)36)21(2)32(29-20)18-22-10-12-24(13-11-22)27(34)28-14-7-15-31-17-16-30(3)19-25(31)23-8-5-4-6-9-23/h4-6,8-13,25H,7,14-19H2,1-3H3,(H,28,34)/t25-/m0/s1. The van der Waals surface area contributed by atoms with Gasteiger partial charge in [0.2, 0.25) is 0 Å². The van der Waals surface area contributed by atoms with Crippen LogP contribution in [-0.2, 0) is 6.54 Å². The van der Waals surface area contributed by atoms with E-state index in [1.807, 2.05) is 18.2 Å². The van der Waals surface area contributed by atoms with Gasteiger partial charge in [0.15, 0.2) is 0 Å². The first-order chi connectivity index (χ1) is 17.3. The molecule has 2 aromatic carbocycles. The lowest BCUT2D eigenvalue weighted by molar-refractivity contribution is -0.386. The number of piperazine rings is 1. The molecule has 9 heteroatoms. The quantitative estimate of drug-likeness (QED) is 0.280. The molecule has 0 spiro atoms. The Bertz CT molecular complexity index is 1190. The minimum atomic E-state index is -0.396. The molecule has 1 fully saturated rings. The smallest absolute Gasteiger partial charge is 0.312 e. The summed E-state index contributed by atoms with van der Waals surface area (Å²) < 4.78 is 1.63. The van der Waals surface area contributed by atoms with Crippen molar-refractivity contribution in [3.63, 3.8) is 0 Å². The average molecular weight is 491 g/mol. The van der Waals surface area contributed by atoms with Gasteiger partial charge in [-0.3, -0.25) is 24.5 Å². The molecule has 36 heavy (non-hydrogen) atoms. The highest BCUT2D eigenvalue weighted by Crippen LogP contribution is 2.25. The Labute approximate surface area is 211 Å². The van der Waals surface area contributed by atoms with Crippen molar-refractivity contribution in [3.05, 3.63) is 92.8 Å². The van der Waals surface area contributed by atoms with Crippen molar-refractivity contribution in [1.29, 1.82) is 0 Å². The van der Waals surface area contributed by atoms with Gasteiger partial charge in [0.05, 0.1) is 11.5 Å². The molecule has 0 aliphatic carbocycles. The summed E-state index contributed by atoms with van der Waals surface area (Å²) in [6.07, 6.45) is 0.883. The second kappa shape index (κ2) is 11.5. The van der Waals surface area contributed by atoms with Gasteiger partial charge in [-0.2, -0.15) is 5.10 Å². The van der Waals surface area contributed by atoms with E-state index >= 15 is 0 Å². The molecule has 1 atom stereocenters. The number of carbonyl (C=O) groups is 1. The van der Waals surface area contributed by atoms with Crippen molar-refractivity contribution in [2.75, 3.05) is 39.8 Å². The van der Waals surface area contributed by atoms with Gasteiger partial charge in [0, 0.05) is 44.3 Å². The normalized spacial score (nSPS) is 16.7. The second-order valence-corrected chi connectivity index (χ2v) is 9.47. The maximum absolute atomic E-state index is 12.6. The highest BCUT2D eigenvalue weighted by Gasteiger charge is 2.26. The van der Waals surface area contributed by atoms with E-state index in [0.29, 0.717) is 36.1 Å². The van der Waals surface area contributed by atoms with E-state index in [4.69, 9.17) is 0 Å². The third-order valence-corrected chi connectivity index (χ3v) is 6.86. The molecule has 1 aromatic heterocycles. The zero-order valence-electron chi connectivity index (χ0n) is 21.2. The molecule has 1 amide bonds. The fraction of sp³-hybridized carbons (Fsp3) is 0.407. The van der Waals surface area contributed by atoms with Crippen LogP contribution in [-0.4, -0.2) is 70.2 Å². The summed E-state index contributed by atoms with van der Waals surface area (Å²) in [7, 11) is 2.17. The Morgan fingerprint density at radius 3 is 2.50 bits per heavy atom. The van der Waals surface area contributed by atoms with Crippen LogP contribution in [0.15, 0.2) is 54.6 Å². The molecule has 190 valence electrons.